The number of carboxylic acid groups (broad SMARTS) is 1. The van der Waals surface area contributed by atoms with Gasteiger partial charge in [0.2, 0.25) is 5.91 Å². The summed E-state index contributed by atoms with van der Waals surface area (Å²) in [7, 11) is -3.93. The molecule has 27 heavy (non-hydrogen) atoms. The van der Waals surface area contributed by atoms with Crippen LogP contribution in [0.25, 0.3) is 11.3 Å². The van der Waals surface area contributed by atoms with Crippen LogP contribution in [0.4, 0.5) is 0 Å². The summed E-state index contributed by atoms with van der Waals surface area (Å²) in [6, 6.07) is 7.53. The normalized spacial score (nSPS) is 28.2. The fraction of sp³-hybridized carbons (Fsp3) is 0.375. The van der Waals surface area contributed by atoms with Gasteiger partial charge in [0.05, 0.1) is 36.9 Å². The molecule has 2 aliphatic rings. The summed E-state index contributed by atoms with van der Waals surface area (Å²) in [4.78, 5) is 24.4. The summed E-state index contributed by atoms with van der Waals surface area (Å²) in [5.74, 6) is -2.09. The second-order valence-corrected chi connectivity index (χ2v) is 9.25. The van der Waals surface area contributed by atoms with Crippen molar-refractivity contribution in [3.8, 4) is 11.3 Å². The summed E-state index contributed by atoms with van der Waals surface area (Å²) in [6.07, 6.45) is 1.28. The van der Waals surface area contributed by atoms with Crippen LogP contribution in [0, 0.1) is 0 Å². The number of benzene rings is 1. The van der Waals surface area contributed by atoms with Crippen molar-refractivity contribution in [2.45, 2.75) is 36.1 Å². The van der Waals surface area contributed by atoms with Crippen LogP contribution in [0.2, 0.25) is 0 Å². The van der Waals surface area contributed by atoms with Crippen LogP contribution < -0.4 is 34.7 Å². The second kappa shape index (κ2) is 6.69. The standard InChI is InChI=1S/C16H16N4O5S.Na/c1-16(9-19-11(8-17-18-19)10-5-3-2-4-6-10)14(15(22)23)20-12(21)7-13(20)26(16,24)25;/h2-6,8,13-14H,7,9H2,1H3,(H,22,23);/q;+1/p-1/t13-,14-,16-;/m0./s1. The van der Waals surface area contributed by atoms with Gasteiger partial charge in [-0.2, -0.15) is 0 Å². The van der Waals surface area contributed by atoms with Gasteiger partial charge in [0.1, 0.15) is 10.1 Å². The number of hydrogen-bond acceptors (Lipinski definition) is 7. The molecule has 0 radical (unpaired) electrons. The molecule has 1 aromatic carbocycles. The minimum atomic E-state index is -3.93. The molecule has 0 bridgehead atoms. The van der Waals surface area contributed by atoms with Gasteiger partial charge in [-0.25, -0.2) is 13.1 Å². The summed E-state index contributed by atoms with van der Waals surface area (Å²) < 4.78 is 25.5. The van der Waals surface area contributed by atoms with Gasteiger partial charge in [-0.15, -0.1) is 5.10 Å². The summed E-state index contributed by atoms with van der Waals surface area (Å²) in [6.45, 7) is 1.07. The number of hydrogen-bond donors (Lipinski definition) is 0. The predicted molar refractivity (Wildman–Crippen MR) is 86.8 cm³/mol. The molecule has 2 aliphatic heterocycles. The fourth-order valence-electron chi connectivity index (χ4n) is 3.77. The Labute approximate surface area is 177 Å². The van der Waals surface area contributed by atoms with Crippen LogP contribution in [0.5, 0.6) is 0 Å². The van der Waals surface area contributed by atoms with Crippen molar-refractivity contribution in [1.29, 1.82) is 0 Å². The number of β-lactam (4-membered cyclic amide) rings is 1. The molecule has 0 saturated carbocycles. The average Bonchev–Trinajstić information content (AvgIpc) is 3.09. The number of carboxylic acids is 1. The molecular formula is C16H15N4NaO5S. The van der Waals surface area contributed by atoms with Crippen LogP contribution in [-0.4, -0.2) is 56.4 Å². The van der Waals surface area contributed by atoms with Crippen molar-refractivity contribution < 1.29 is 52.7 Å². The van der Waals surface area contributed by atoms with E-state index in [0.717, 1.165) is 10.5 Å². The molecule has 136 valence electrons. The van der Waals surface area contributed by atoms with Gasteiger partial charge in [-0.05, 0) is 6.92 Å². The van der Waals surface area contributed by atoms with Crippen LogP contribution in [0.15, 0.2) is 36.5 Å². The Morgan fingerprint density at radius 2 is 2.00 bits per heavy atom. The molecule has 0 N–H and O–H groups in total. The number of aliphatic carboxylic acids is 1. The van der Waals surface area contributed by atoms with Gasteiger partial charge in [0.25, 0.3) is 0 Å². The fourth-order valence-corrected chi connectivity index (χ4v) is 6.12. The maximum absolute atomic E-state index is 13.0. The zero-order valence-electron chi connectivity index (χ0n) is 14.8. The molecule has 0 aliphatic carbocycles. The first-order chi connectivity index (χ1) is 12.3. The monoisotopic (exact) mass is 398 g/mol. The molecule has 2 saturated heterocycles. The molecular weight excluding hydrogens is 383 g/mol. The van der Waals surface area contributed by atoms with Crippen LogP contribution in [-0.2, 0) is 26.0 Å². The molecule has 1 aromatic heterocycles. The number of carbonyl (C=O) groups is 2. The van der Waals surface area contributed by atoms with E-state index < -0.39 is 37.9 Å². The van der Waals surface area contributed by atoms with Crippen molar-refractivity contribution in [2.75, 3.05) is 0 Å². The Bertz CT molecular complexity index is 1010. The van der Waals surface area contributed by atoms with Crippen molar-refractivity contribution in [3.05, 3.63) is 36.5 Å². The van der Waals surface area contributed by atoms with E-state index in [1.54, 1.807) is 0 Å². The Morgan fingerprint density at radius 3 is 2.59 bits per heavy atom. The van der Waals surface area contributed by atoms with Crippen LogP contribution >= 0.6 is 0 Å². The summed E-state index contributed by atoms with van der Waals surface area (Å²) in [5.41, 5.74) is 1.32. The number of rotatable bonds is 4. The van der Waals surface area contributed by atoms with Gasteiger partial charge in [0, 0.05) is 5.56 Å². The smallest absolute Gasteiger partial charge is 0.548 e. The topological polar surface area (TPSA) is 125 Å². The van der Waals surface area contributed by atoms with Gasteiger partial charge in [0.15, 0.2) is 9.84 Å². The van der Waals surface area contributed by atoms with Gasteiger partial charge in [-0.3, -0.25) is 4.79 Å². The number of nitrogens with zero attached hydrogens (tertiary/aromatic N) is 4. The Morgan fingerprint density at radius 1 is 1.33 bits per heavy atom. The van der Waals surface area contributed by atoms with Gasteiger partial charge in [-0.1, -0.05) is 35.5 Å². The number of sulfone groups is 1. The number of aromatic nitrogens is 3. The van der Waals surface area contributed by atoms with Crippen LogP contribution in [0.3, 0.4) is 0 Å². The zero-order chi connectivity index (χ0) is 18.7. The first kappa shape index (κ1) is 20.0. The third-order valence-electron chi connectivity index (χ3n) is 5.19. The molecule has 2 aromatic rings. The first-order valence-electron chi connectivity index (χ1n) is 7.97. The van der Waals surface area contributed by atoms with E-state index in [9.17, 15) is 23.1 Å². The van der Waals surface area contributed by atoms with E-state index in [1.165, 1.54) is 17.8 Å². The largest absolute Gasteiger partial charge is 1.00 e. The molecule has 1 amide bonds. The maximum atomic E-state index is 13.0. The molecule has 0 unspecified atom stereocenters. The average molecular weight is 398 g/mol. The number of fused-ring (bicyclic) bond motifs is 1. The minimum Gasteiger partial charge on any atom is -0.548 e. The molecule has 0 spiro atoms. The molecule has 4 rings (SSSR count). The SMILES string of the molecule is C[C@]1(Cn2nncc2-c2ccccc2)[C@H](C(=O)[O-])N2C(=O)C[C@@H]2S1(=O)=O.[Na+]. The third-order valence-corrected chi connectivity index (χ3v) is 7.95. The third kappa shape index (κ3) is 2.74. The summed E-state index contributed by atoms with van der Waals surface area (Å²) in [5, 5.41) is 18.4. The van der Waals surface area contributed by atoms with E-state index >= 15 is 0 Å². The maximum Gasteiger partial charge on any atom is 1.00 e. The van der Waals surface area contributed by atoms with E-state index in [2.05, 4.69) is 10.3 Å². The molecule has 3 atom stereocenters. The second-order valence-electron chi connectivity index (χ2n) is 6.68. The summed E-state index contributed by atoms with van der Waals surface area (Å²) >= 11 is 0. The van der Waals surface area contributed by atoms with Crippen molar-refractivity contribution in [2.24, 2.45) is 0 Å². The van der Waals surface area contributed by atoms with E-state index in [1.807, 2.05) is 30.3 Å². The van der Waals surface area contributed by atoms with Crippen molar-refractivity contribution in [3.63, 3.8) is 0 Å². The van der Waals surface area contributed by atoms with Gasteiger partial charge < -0.3 is 14.8 Å². The first-order valence-corrected chi connectivity index (χ1v) is 9.51. The quantitative estimate of drug-likeness (QED) is 0.378. The zero-order valence-corrected chi connectivity index (χ0v) is 17.6. The van der Waals surface area contributed by atoms with E-state index in [0.29, 0.717) is 5.69 Å². The van der Waals surface area contributed by atoms with Crippen molar-refractivity contribution in [1.82, 2.24) is 19.9 Å². The predicted octanol–water partition coefficient (Wildman–Crippen LogP) is -4.19. The molecule has 9 nitrogen and oxygen atoms in total. The Balaban J connectivity index is 0.00000210. The van der Waals surface area contributed by atoms with Crippen molar-refractivity contribution >= 4 is 21.7 Å². The van der Waals surface area contributed by atoms with E-state index in [-0.39, 0.29) is 42.5 Å². The molecule has 3 heterocycles. The molecule has 2 fully saturated rings. The Kier molecular flexibility index (Phi) is 4.96. The number of carbonyl (C=O) groups excluding carboxylic acids is 2. The van der Waals surface area contributed by atoms with E-state index in [4.69, 9.17) is 0 Å². The number of amides is 1. The molecule has 11 heteroatoms. The van der Waals surface area contributed by atoms with Crippen LogP contribution in [0.1, 0.15) is 13.3 Å². The Hall–Kier alpha value is -1.75. The van der Waals surface area contributed by atoms with Gasteiger partial charge >= 0.3 is 29.6 Å². The minimum absolute atomic E-state index is 0.